The van der Waals surface area contributed by atoms with E-state index in [0.29, 0.717) is 0 Å². The smallest absolute Gasteiger partial charge is 0.120 e. The number of nitrogens with one attached hydrogen (secondary N) is 1. The second-order valence-corrected chi connectivity index (χ2v) is 3.19. The van der Waals surface area contributed by atoms with E-state index in [4.69, 9.17) is 9.52 Å². The van der Waals surface area contributed by atoms with Crippen LogP contribution in [0, 0.1) is 0 Å². The Morgan fingerprint density at radius 2 is 2.38 bits per heavy atom. The van der Waals surface area contributed by atoms with Crippen LogP contribution in [0.4, 0.5) is 0 Å². The van der Waals surface area contributed by atoms with Gasteiger partial charge >= 0.3 is 0 Å². The van der Waals surface area contributed by atoms with Crippen molar-refractivity contribution >= 4 is 0 Å². The molecule has 13 heavy (non-hydrogen) atoms. The first-order chi connectivity index (χ1) is 6.27. The Labute approximate surface area is 78.8 Å². The lowest BCUT2D eigenvalue weighted by Crippen LogP contribution is -2.33. The maximum atomic E-state index is 8.98. The molecule has 0 radical (unpaired) electrons. The van der Waals surface area contributed by atoms with Gasteiger partial charge in [-0.05, 0) is 25.5 Å². The summed E-state index contributed by atoms with van der Waals surface area (Å²) in [6.07, 6.45) is 2.58. The molecule has 0 bridgehead atoms. The standard InChI is InChI=1S/C10H17NO2/c1-3-9(7-12)11-8(2)10-5-4-6-13-10/h4-6,8-9,11-12H,3,7H2,1-2H3/t8-,9+/m1/s1. The molecule has 2 atom stereocenters. The molecule has 0 amide bonds. The Hall–Kier alpha value is -0.800. The third-order valence-electron chi connectivity index (χ3n) is 2.17. The molecule has 0 aromatic carbocycles. The molecule has 0 unspecified atom stereocenters. The number of furan rings is 1. The summed E-state index contributed by atoms with van der Waals surface area (Å²) in [7, 11) is 0. The SMILES string of the molecule is CC[C@@H](CO)N[C@H](C)c1ccco1. The molecular formula is C10H17NO2. The van der Waals surface area contributed by atoms with E-state index in [2.05, 4.69) is 5.32 Å². The van der Waals surface area contributed by atoms with Crippen LogP contribution in [0.2, 0.25) is 0 Å². The minimum absolute atomic E-state index is 0.153. The number of hydrogen-bond acceptors (Lipinski definition) is 3. The van der Waals surface area contributed by atoms with Crippen LogP contribution in [0.1, 0.15) is 32.1 Å². The Balaban J connectivity index is 2.45. The Bertz CT molecular complexity index is 217. The van der Waals surface area contributed by atoms with Gasteiger partial charge in [0.2, 0.25) is 0 Å². The van der Waals surface area contributed by atoms with Gasteiger partial charge in [0.05, 0.1) is 18.9 Å². The quantitative estimate of drug-likeness (QED) is 0.730. The van der Waals surface area contributed by atoms with Crippen LogP contribution in [-0.2, 0) is 0 Å². The summed E-state index contributed by atoms with van der Waals surface area (Å²) in [5, 5.41) is 12.3. The summed E-state index contributed by atoms with van der Waals surface area (Å²) < 4.78 is 5.24. The van der Waals surface area contributed by atoms with Crippen molar-refractivity contribution in [3.8, 4) is 0 Å². The maximum Gasteiger partial charge on any atom is 0.120 e. The third kappa shape index (κ3) is 2.86. The molecule has 1 aromatic heterocycles. The van der Waals surface area contributed by atoms with Crippen molar-refractivity contribution in [3.63, 3.8) is 0 Å². The van der Waals surface area contributed by atoms with E-state index < -0.39 is 0 Å². The van der Waals surface area contributed by atoms with Crippen molar-refractivity contribution in [1.29, 1.82) is 0 Å². The fourth-order valence-corrected chi connectivity index (χ4v) is 1.27. The normalized spacial score (nSPS) is 15.6. The van der Waals surface area contributed by atoms with Crippen LogP contribution in [0.3, 0.4) is 0 Å². The van der Waals surface area contributed by atoms with E-state index >= 15 is 0 Å². The third-order valence-corrected chi connectivity index (χ3v) is 2.17. The summed E-state index contributed by atoms with van der Waals surface area (Å²) in [6, 6.07) is 4.11. The van der Waals surface area contributed by atoms with Crippen LogP contribution in [0.25, 0.3) is 0 Å². The molecule has 0 spiro atoms. The Morgan fingerprint density at radius 1 is 1.62 bits per heavy atom. The molecular weight excluding hydrogens is 166 g/mol. The first kappa shape index (κ1) is 10.3. The molecule has 1 aromatic rings. The predicted octanol–water partition coefficient (Wildman–Crippen LogP) is 1.70. The van der Waals surface area contributed by atoms with Gasteiger partial charge in [0, 0.05) is 6.04 Å². The van der Waals surface area contributed by atoms with E-state index in [1.165, 1.54) is 0 Å². The van der Waals surface area contributed by atoms with Gasteiger partial charge in [-0.1, -0.05) is 6.92 Å². The molecule has 3 nitrogen and oxygen atoms in total. The molecule has 0 saturated heterocycles. The van der Waals surface area contributed by atoms with E-state index in [0.717, 1.165) is 12.2 Å². The first-order valence-electron chi connectivity index (χ1n) is 4.68. The maximum absolute atomic E-state index is 8.98. The lowest BCUT2D eigenvalue weighted by atomic mass is 10.2. The van der Waals surface area contributed by atoms with Crippen molar-refractivity contribution in [3.05, 3.63) is 24.2 Å². The second kappa shape index (κ2) is 5.04. The van der Waals surface area contributed by atoms with Crippen molar-refractivity contribution in [1.82, 2.24) is 5.32 Å². The molecule has 1 heterocycles. The molecule has 0 fully saturated rings. The zero-order valence-corrected chi connectivity index (χ0v) is 8.16. The monoisotopic (exact) mass is 183 g/mol. The number of rotatable bonds is 5. The molecule has 74 valence electrons. The molecule has 2 N–H and O–H groups in total. The summed E-state index contributed by atoms with van der Waals surface area (Å²) in [4.78, 5) is 0. The highest BCUT2D eigenvalue weighted by Gasteiger charge is 2.12. The lowest BCUT2D eigenvalue weighted by molar-refractivity contribution is 0.225. The van der Waals surface area contributed by atoms with Gasteiger partial charge in [-0.15, -0.1) is 0 Å². The first-order valence-corrected chi connectivity index (χ1v) is 4.68. The largest absolute Gasteiger partial charge is 0.468 e. The minimum Gasteiger partial charge on any atom is -0.468 e. The number of aliphatic hydroxyl groups excluding tert-OH is 1. The van der Waals surface area contributed by atoms with Crippen LogP contribution in [0.15, 0.2) is 22.8 Å². The van der Waals surface area contributed by atoms with Crippen molar-refractivity contribution < 1.29 is 9.52 Å². The Morgan fingerprint density at radius 3 is 2.85 bits per heavy atom. The zero-order valence-electron chi connectivity index (χ0n) is 8.16. The highest BCUT2D eigenvalue weighted by Crippen LogP contribution is 2.13. The van der Waals surface area contributed by atoms with Gasteiger partial charge in [0.25, 0.3) is 0 Å². The molecule has 0 aliphatic rings. The van der Waals surface area contributed by atoms with Gasteiger partial charge in [0.1, 0.15) is 5.76 Å². The topological polar surface area (TPSA) is 45.4 Å². The van der Waals surface area contributed by atoms with E-state index in [-0.39, 0.29) is 18.7 Å². The summed E-state index contributed by atoms with van der Waals surface area (Å²) in [6.45, 7) is 4.24. The molecule has 1 rings (SSSR count). The fourth-order valence-electron chi connectivity index (χ4n) is 1.27. The number of aliphatic hydroxyl groups is 1. The van der Waals surface area contributed by atoms with Gasteiger partial charge in [-0.25, -0.2) is 0 Å². The lowest BCUT2D eigenvalue weighted by Gasteiger charge is -2.18. The van der Waals surface area contributed by atoms with Crippen molar-refractivity contribution in [2.24, 2.45) is 0 Å². The average Bonchev–Trinajstić information content (AvgIpc) is 2.66. The summed E-state index contributed by atoms with van der Waals surface area (Å²) in [5.41, 5.74) is 0. The second-order valence-electron chi connectivity index (χ2n) is 3.19. The minimum atomic E-state index is 0.153. The molecule has 0 aliphatic heterocycles. The van der Waals surface area contributed by atoms with Gasteiger partial charge in [-0.3, -0.25) is 0 Å². The van der Waals surface area contributed by atoms with Crippen LogP contribution >= 0.6 is 0 Å². The average molecular weight is 183 g/mol. The summed E-state index contributed by atoms with van der Waals surface area (Å²) >= 11 is 0. The van der Waals surface area contributed by atoms with Crippen molar-refractivity contribution in [2.45, 2.75) is 32.4 Å². The molecule has 0 aliphatic carbocycles. The fraction of sp³-hybridized carbons (Fsp3) is 0.600. The van der Waals surface area contributed by atoms with E-state index in [1.54, 1.807) is 6.26 Å². The predicted molar refractivity (Wildman–Crippen MR) is 51.4 cm³/mol. The number of hydrogen-bond donors (Lipinski definition) is 2. The van der Waals surface area contributed by atoms with Gasteiger partial charge in [-0.2, -0.15) is 0 Å². The van der Waals surface area contributed by atoms with Gasteiger partial charge < -0.3 is 14.8 Å². The van der Waals surface area contributed by atoms with Crippen molar-refractivity contribution in [2.75, 3.05) is 6.61 Å². The highest BCUT2D eigenvalue weighted by atomic mass is 16.3. The summed E-state index contributed by atoms with van der Waals surface area (Å²) in [5.74, 6) is 0.909. The van der Waals surface area contributed by atoms with E-state index in [1.807, 2.05) is 26.0 Å². The van der Waals surface area contributed by atoms with E-state index in [9.17, 15) is 0 Å². The molecule has 0 saturated carbocycles. The molecule has 3 heteroatoms. The Kier molecular flexibility index (Phi) is 3.99. The van der Waals surface area contributed by atoms with Crippen LogP contribution < -0.4 is 5.32 Å². The van der Waals surface area contributed by atoms with Crippen LogP contribution in [-0.4, -0.2) is 17.8 Å². The zero-order chi connectivity index (χ0) is 9.68. The van der Waals surface area contributed by atoms with Crippen LogP contribution in [0.5, 0.6) is 0 Å². The van der Waals surface area contributed by atoms with Gasteiger partial charge in [0.15, 0.2) is 0 Å². The highest BCUT2D eigenvalue weighted by molar-refractivity contribution is 5.03.